The molecule has 1 atom stereocenters. The van der Waals surface area contributed by atoms with Crippen LogP contribution in [0.1, 0.15) is 32.6 Å². The van der Waals surface area contributed by atoms with E-state index in [0.29, 0.717) is 11.5 Å². The monoisotopic (exact) mass is 244 g/mol. The Labute approximate surface area is 102 Å². The highest BCUT2D eigenvalue weighted by atomic mass is 33.1. The normalized spacial score (nSPS) is 34.1. The first-order valence-corrected chi connectivity index (χ1v) is 7.53. The Hall–Kier alpha value is 0.360. The van der Waals surface area contributed by atoms with Crippen LogP contribution >= 0.6 is 22.6 Å². The zero-order valence-electron chi connectivity index (χ0n) is 9.28. The first-order chi connectivity index (χ1) is 7.23. The van der Waals surface area contributed by atoms with Crippen molar-refractivity contribution in [3.8, 4) is 0 Å². The molecular formula is C11H20N2S2. The third-order valence-corrected chi connectivity index (χ3v) is 5.44. The average Bonchev–Trinajstić information content (AvgIpc) is 2.58. The molecule has 1 aliphatic heterocycles. The van der Waals surface area contributed by atoms with Gasteiger partial charge in [-0.25, -0.2) is 4.31 Å². The molecule has 0 aromatic carbocycles. The average molecular weight is 244 g/mol. The summed E-state index contributed by atoms with van der Waals surface area (Å²) in [6, 6.07) is 0.385. The van der Waals surface area contributed by atoms with Crippen molar-refractivity contribution < 1.29 is 0 Å². The Morgan fingerprint density at radius 2 is 2.20 bits per heavy atom. The number of piperidine rings is 1. The lowest BCUT2D eigenvalue weighted by atomic mass is 9.72. The Morgan fingerprint density at radius 3 is 2.73 bits per heavy atom. The topological polar surface area (TPSA) is 29.3 Å². The zero-order valence-corrected chi connectivity index (χ0v) is 11.0. The van der Waals surface area contributed by atoms with Gasteiger partial charge in [0.25, 0.3) is 0 Å². The molecule has 0 amide bonds. The maximum atomic E-state index is 6.31. The number of nitrogens with zero attached hydrogens (tertiary/aromatic N) is 1. The number of rotatable bonds is 1. The van der Waals surface area contributed by atoms with Crippen LogP contribution in [-0.4, -0.2) is 23.4 Å². The second-order valence-corrected chi connectivity index (χ2v) is 5.80. The maximum Gasteiger partial charge on any atom is 0.0137 e. The van der Waals surface area contributed by atoms with E-state index in [9.17, 15) is 0 Å². The van der Waals surface area contributed by atoms with Crippen molar-refractivity contribution in [1.82, 2.24) is 4.31 Å². The molecule has 1 saturated heterocycles. The highest BCUT2D eigenvalue weighted by molar-refractivity contribution is 8.67. The van der Waals surface area contributed by atoms with Crippen LogP contribution in [0.3, 0.4) is 0 Å². The fourth-order valence-electron chi connectivity index (χ4n) is 3.16. The number of hydrogen-bond donors (Lipinski definition) is 2. The van der Waals surface area contributed by atoms with Crippen molar-refractivity contribution in [3.05, 3.63) is 11.6 Å². The van der Waals surface area contributed by atoms with Crippen LogP contribution in [0.15, 0.2) is 11.6 Å². The SMILES string of the molecule is C/C=C1\CC[C@@H](N)C12CCN(SS)CC2. The van der Waals surface area contributed by atoms with Gasteiger partial charge in [0.15, 0.2) is 0 Å². The van der Waals surface area contributed by atoms with Crippen LogP contribution in [-0.2, 0) is 0 Å². The molecular weight excluding hydrogens is 224 g/mol. The third-order valence-electron chi connectivity index (χ3n) is 4.15. The Kier molecular flexibility index (Phi) is 3.71. The Balaban J connectivity index is 2.13. The summed E-state index contributed by atoms with van der Waals surface area (Å²) in [4.78, 5) is 0. The molecule has 0 unspecified atom stereocenters. The van der Waals surface area contributed by atoms with E-state index in [1.165, 1.54) is 25.7 Å². The van der Waals surface area contributed by atoms with Crippen molar-refractivity contribution in [1.29, 1.82) is 0 Å². The van der Waals surface area contributed by atoms with Crippen LogP contribution in [0, 0.1) is 5.41 Å². The van der Waals surface area contributed by atoms with E-state index in [2.05, 4.69) is 29.0 Å². The number of nitrogens with two attached hydrogens (primary N) is 1. The molecule has 1 aliphatic carbocycles. The van der Waals surface area contributed by atoms with Crippen LogP contribution < -0.4 is 5.73 Å². The fraction of sp³-hybridized carbons (Fsp3) is 0.818. The van der Waals surface area contributed by atoms with Crippen molar-refractivity contribution in [2.24, 2.45) is 11.1 Å². The van der Waals surface area contributed by atoms with Gasteiger partial charge in [0.1, 0.15) is 0 Å². The smallest absolute Gasteiger partial charge is 0.0137 e. The van der Waals surface area contributed by atoms with Crippen LogP contribution in [0.4, 0.5) is 0 Å². The first-order valence-electron chi connectivity index (χ1n) is 5.70. The minimum absolute atomic E-state index is 0.328. The lowest BCUT2D eigenvalue weighted by Crippen LogP contribution is -2.45. The summed E-state index contributed by atoms with van der Waals surface area (Å²) in [5, 5.41) is 0. The van der Waals surface area contributed by atoms with Crippen molar-refractivity contribution >= 4 is 22.6 Å². The molecule has 15 heavy (non-hydrogen) atoms. The summed E-state index contributed by atoms with van der Waals surface area (Å²) in [7, 11) is 1.57. The van der Waals surface area contributed by atoms with Crippen LogP contribution in [0.2, 0.25) is 0 Å². The molecule has 2 aliphatic rings. The van der Waals surface area contributed by atoms with Crippen molar-refractivity contribution in [2.45, 2.75) is 38.6 Å². The molecule has 2 fully saturated rings. The second-order valence-electron chi connectivity index (χ2n) is 4.63. The van der Waals surface area contributed by atoms with Gasteiger partial charge in [0, 0.05) is 24.5 Å². The third kappa shape index (κ3) is 1.97. The van der Waals surface area contributed by atoms with E-state index >= 15 is 0 Å². The number of allylic oxidation sites excluding steroid dienone is 1. The Morgan fingerprint density at radius 1 is 1.53 bits per heavy atom. The minimum atomic E-state index is 0.328. The molecule has 0 aromatic rings. The lowest BCUT2D eigenvalue weighted by Gasteiger charge is -2.42. The van der Waals surface area contributed by atoms with Gasteiger partial charge >= 0.3 is 0 Å². The molecule has 0 aromatic heterocycles. The molecule has 1 spiro atoms. The van der Waals surface area contributed by atoms with E-state index in [-0.39, 0.29) is 0 Å². The summed E-state index contributed by atoms with van der Waals surface area (Å²) >= 11 is 4.26. The summed E-state index contributed by atoms with van der Waals surface area (Å²) in [6.07, 6.45) is 7.11. The van der Waals surface area contributed by atoms with Gasteiger partial charge in [-0.05, 0) is 43.6 Å². The molecule has 2 nitrogen and oxygen atoms in total. The molecule has 1 saturated carbocycles. The van der Waals surface area contributed by atoms with E-state index in [1.54, 1.807) is 16.6 Å². The molecule has 0 bridgehead atoms. The summed E-state index contributed by atoms with van der Waals surface area (Å²) < 4.78 is 2.33. The largest absolute Gasteiger partial charge is 0.327 e. The highest BCUT2D eigenvalue weighted by Gasteiger charge is 2.45. The zero-order chi connectivity index (χ0) is 10.9. The van der Waals surface area contributed by atoms with E-state index in [1.807, 2.05) is 0 Å². The van der Waals surface area contributed by atoms with E-state index in [0.717, 1.165) is 13.1 Å². The predicted octanol–water partition coefficient (Wildman–Crippen LogP) is 2.63. The van der Waals surface area contributed by atoms with Gasteiger partial charge in [0.2, 0.25) is 0 Å². The van der Waals surface area contributed by atoms with Gasteiger partial charge in [-0.15, -0.1) is 0 Å². The molecule has 2 N–H and O–H groups in total. The van der Waals surface area contributed by atoms with Crippen molar-refractivity contribution in [2.75, 3.05) is 13.1 Å². The highest BCUT2D eigenvalue weighted by Crippen LogP contribution is 2.50. The molecule has 4 heteroatoms. The van der Waals surface area contributed by atoms with Gasteiger partial charge in [-0.3, -0.25) is 0 Å². The fourth-order valence-corrected chi connectivity index (χ4v) is 4.00. The number of hydrogen-bond acceptors (Lipinski definition) is 4. The molecule has 0 radical (unpaired) electrons. The number of thiol groups is 1. The Bertz CT molecular complexity index is 257. The van der Waals surface area contributed by atoms with E-state index < -0.39 is 0 Å². The lowest BCUT2D eigenvalue weighted by molar-refractivity contribution is 0.186. The van der Waals surface area contributed by atoms with Crippen molar-refractivity contribution in [3.63, 3.8) is 0 Å². The molecule has 2 rings (SSSR count). The predicted molar refractivity (Wildman–Crippen MR) is 70.8 cm³/mol. The second kappa shape index (κ2) is 4.70. The summed E-state index contributed by atoms with van der Waals surface area (Å²) in [6.45, 7) is 4.41. The van der Waals surface area contributed by atoms with E-state index in [4.69, 9.17) is 5.73 Å². The first kappa shape index (κ1) is 11.8. The summed E-state index contributed by atoms with van der Waals surface area (Å²) in [5.41, 5.74) is 8.25. The van der Waals surface area contributed by atoms with Crippen LogP contribution in [0.5, 0.6) is 0 Å². The standard InChI is InChI=1S/C11H20N2S2/c1-2-9-3-4-10(12)11(9)5-7-13(15-14)8-6-11/h2,10,14H,3-8,12H2,1H3/b9-2+/t10-/m1/s1. The van der Waals surface area contributed by atoms with Gasteiger partial charge in [0.05, 0.1) is 0 Å². The van der Waals surface area contributed by atoms with Crippen LogP contribution in [0.25, 0.3) is 0 Å². The van der Waals surface area contributed by atoms with Gasteiger partial charge in [-0.1, -0.05) is 23.3 Å². The molecule has 86 valence electrons. The quantitative estimate of drug-likeness (QED) is 0.322. The van der Waals surface area contributed by atoms with Gasteiger partial charge < -0.3 is 5.73 Å². The minimum Gasteiger partial charge on any atom is -0.327 e. The molecule has 1 heterocycles. The summed E-state index contributed by atoms with van der Waals surface area (Å²) in [5.74, 6) is 0. The van der Waals surface area contributed by atoms with Gasteiger partial charge in [-0.2, -0.15) is 0 Å². The maximum absolute atomic E-state index is 6.31.